The summed E-state index contributed by atoms with van der Waals surface area (Å²) in [6.07, 6.45) is -0.850. The number of nitrogens with zero attached hydrogens (tertiary/aromatic N) is 1. The van der Waals surface area contributed by atoms with Crippen LogP contribution in [0.15, 0.2) is 5.18 Å². The van der Waals surface area contributed by atoms with Gasteiger partial charge in [-0.05, 0) is 6.92 Å². The summed E-state index contributed by atoms with van der Waals surface area (Å²) in [7, 11) is 0. The lowest BCUT2D eigenvalue weighted by atomic mass is 10.2. The van der Waals surface area contributed by atoms with Crippen molar-refractivity contribution in [3.63, 3.8) is 0 Å². The zero-order chi connectivity index (χ0) is 6.57. The lowest BCUT2D eigenvalue weighted by Gasteiger charge is -2.05. The summed E-state index contributed by atoms with van der Waals surface area (Å²) in [5.74, 6) is 0. The molecule has 0 saturated carbocycles. The maximum Gasteiger partial charge on any atom is 0.140 e. The Balaban J connectivity index is 3.51. The van der Waals surface area contributed by atoms with Gasteiger partial charge in [-0.3, -0.25) is 0 Å². The first-order valence-electron chi connectivity index (χ1n) is 2.33. The predicted octanol–water partition coefficient (Wildman–Crippen LogP) is -0.506. The van der Waals surface area contributed by atoms with Crippen LogP contribution in [0.2, 0.25) is 0 Å². The molecule has 0 heterocycles. The Hall–Kier alpha value is -0.480. The van der Waals surface area contributed by atoms with Gasteiger partial charge in [-0.25, -0.2) is 0 Å². The van der Waals surface area contributed by atoms with E-state index in [-0.39, 0.29) is 6.61 Å². The zero-order valence-electron chi connectivity index (χ0n) is 4.61. The molecule has 2 N–H and O–H groups in total. The quantitative estimate of drug-likeness (QED) is 0.492. The molecule has 0 aliphatic carbocycles. The van der Waals surface area contributed by atoms with Crippen LogP contribution >= 0.6 is 0 Å². The van der Waals surface area contributed by atoms with Gasteiger partial charge >= 0.3 is 0 Å². The van der Waals surface area contributed by atoms with Gasteiger partial charge < -0.3 is 10.2 Å². The van der Waals surface area contributed by atoms with Crippen LogP contribution < -0.4 is 0 Å². The summed E-state index contributed by atoms with van der Waals surface area (Å²) in [4.78, 5) is 9.61. The maximum absolute atomic E-state index is 9.61. The molecule has 0 radical (unpaired) electrons. The number of aliphatic hydroxyl groups excluding tert-OH is 2. The smallest absolute Gasteiger partial charge is 0.140 e. The second-order valence-electron chi connectivity index (χ2n) is 1.60. The van der Waals surface area contributed by atoms with Gasteiger partial charge in [0.2, 0.25) is 0 Å². The molecule has 4 heteroatoms. The summed E-state index contributed by atoms with van der Waals surface area (Å²) >= 11 is 0. The topological polar surface area (TPSA) is 69.9 Å². The second-order valence-corrected chi connectivity index (χ2v) is 1.60. The molecule has 0 saturated heterocycles. The highest BCUT2D eigenvalue weighted by molar-refractivity contribution is 4.68. The second kappa shape index (κ2) is 3.51. The average molecular weight is 119 g/mol. The molecular weight excluding hydrogens is 110 g/mol. The molecule has 0 aromatic rings. The van der Waals surface area contributed by atoms with Crippen LogP contribution in [0.4, 0.5) is 0 Å². The highest BCUT2D eigenvalue weighted by Crippen LogP contribution is 1.94. The lowest BCUT2D eigenvalue weighted by Crippen LogP contribution is -2.23. The van der Waals surface area contributed by atoms with Crippen molar-refractivity contribution in [1.29, 1.82) is 0 Å². The summed E-state index contributed by atoms with van der Waals surface area (Å²) in [5, 5.41) is 19.3. The van der Waals surface area contributed by atoms with E-state index in [1.54, 1.807) is 0 Å². The molecule has 0 aromatic heterocycles. The van der Waals surface area contributed by atoms with Gasteiger partial charge in [-0.15, -0.1) is 0 Å². The van der Waals surface area contributed by atoms with Crippen molar-refractivity contribution in [3.05, 3.63) is 4.91 Å². The van der Waals surface area contributed by atoms with E-state index < -0.39 is 12.1 Å². The van der Waals surface area contributed by atoms with E-state index in [0.29, 0.717) is 0 Å². The Kier molecular flexibility index (Phi) is 3.30. The first-order chi connectivity index (χ1) is 3.72. The van der Waals surface area contributed by atoms with E-state index in [2.05, 4.69) is 5.18 Å². The van der Waals surface area contributed by atoms with Gasteiger partial charge in [0, 0.05) is 0 Å². The van der Waals surface area contributed by atoms with Crippen LogP contribution in [-0.4, -0.2) is 29.0 Å². The molecule has 0 unspecified atom stereocenters. The van der Waals surface area contributed by atoms with Crippen LogP contribution in [-0.2, 0) is 0 Å². The summed E-state index contributed by atoms with van der Waals surface area (Å²) in [6.45, 7) is 1.02. The van der Waals surface area contributed by atoms with E-state index in [4.69, 9.17) is 10.2 Å². The van der Waals surface area contributed by atoms with E-state index in [1.165, 1.54) is 6.92 Å². The van der Waals surface area contributed by atoms with Crippen molar-refractivity contribution >= 4 is 0 Å². The van der Waals surface area contributed by atoms with Gasteiger partial charge in [0.15, 0.2) is 0 Å². The van der Waals surface area contributed by atoms with Crippen molar-refractivity contribution in [2.45, 2.75) is 19.1 Å². The minimum Gasteiger partial charge on any atom is -0.394 e. The van der Waals surface area contributed by atoms with Crippen molar-refractivity contribution in [1.82, 2.24) is 0 Å². The van der Waals surface area contributed by atoms with Gasteiger partial charge in [0.1, 0.15) is 6.04 Å². The molecule has 0 spiro atoms. The Labute approximate surface area is 47.1 Å². The molecule has 2 atom stereocenters. The Morgan fingerprint density at radius 2 is 2.25 bits per heavy atom. The number of hydrogen-bond acceptors (Lipinski definition) is 4. The summed E-state index contributed by atoms with van der Waals surface area (Å²) in [6, 6.07) is -0.866. The molecule has 0 amide bonds. The minimum absolute atomic E-state index is 0.388. The molecule has 0 fully saturated rings. The monoisotopic (exact) mass is 119 g/mol. The van der Waals surface area contributed by atoms with Crippen molar-refractivity contribution in [3.8, 4) is 0 Å². The number of aliphatic hydroxyl groups is 2. The predicted molar refractivity (Wildman–Crippen MR) is 28.3 cm³/mol. The van der Waals surface area contributed by atoms with E-state index in [0.717, 1.165) is 0 Å². The van der Waals surface area contributed by atoms with Crippen molar-refractivity contribution < 1.29 is 10.2 Å². The minimum atomic E-state index is -0.866. The summed E-state index contributed by atoms with van der Waals surface area (Å²) in [5.41, 5.74) is 0. The Morgan fingerprint density at radius 3 is 2.25 bits per heavy atom. The first kappa shape index (κ1) is 7.52. The number of hydrogen-bond donors (Lipinski definition) is 2. The van der Waals surface area contributed by atoms with Gasteiger partial charge in [0.05, 0.1) is 12.7 Å². The van der Waals surface area contributed by atoms with Crippen molar-refractivity contribution in [2.24, 2.45) is 5.18 Å². The molecule has 8 heavy (non-hydrogen) atoms. The fourth-order valence-electron chi connectivity index (χ4n) is 0.274. The standard InChI is InChI=1S/C4H9NO3/c1-3(7)4(2-6)5-8/h3-4,6-7H,2H2,1H3/t3-,4-/m1/s1. The SMILES string of the molecule is C[C@@H](O)[C@@H](CO)N=O. The number of rotatable bonds is 3. The molecule has 0 aromatic carbocycles. The first-order valence-corrected chi connectivity index (χ1v) is 2.33. The molecule has 0 aliphatic rings. The Bertz CT molecular complexity index is 73.7. The van der Waals surface area contributed by atoms with Gasteiger partial charge in [-0.2, -0.15) is 4.91 Å². The molecule has 4 nitrogen and oxygen atoms in total. The summed E-state index contributed by atoms with van der Waals surface area (Å²) < 4.78 is 0. The van der Waals surface area contributed by atoms with E-state index in [9.17, 15) is 4.91 Å². The third-order valence-corrected chi connectivity index (χ3v) is 0.879. The van der Waals surface area contributed by atoms with E-state index in [1.807, 2.05) is 0 Å². The van der Waals surface area contributed by atoms with Crippen LogP contribution in [0.1, 0.15) is 6.92 Å². The van der Waals surface area contributed by atoms with Gasteiger partial charge in [0.25, 0.3) is 0 Å². The molecular formula is C4H9NO3. The zero-order valence-corrected chi connectivity index (χ0v) is 4.61. The fraction of sp³-hybridized carbons (Fsp3) is 1.00. The van der Waals surface area contributed by atoms with Gasteiger partial charge in [-0.1, -0.05) is 5.18 Å². The van der Waals surface area contributed by atoms with Crippen LogP contribution in [0.25, 0.3) is 0 Å². The van der Waals surface area contributed by atoms with Crippen LogP contribution in [0, 0.1) is 4.91 Å². The fourth-order valence-corrected chi connectivity index (χ4v) is 0.274. The third kappa shape index (κ3) is 1.99. The molecule has 48 valence electrons. The van der Waals surface area contributed by atoms with E-state index >= 15 is 0 Å². The Morgan fingerprint density at radius 1 is 1.75 bits per heavy atom. The lowest BCUT2D eigenvalue weighted by molar-refractivity contribution is 0.124. The largest absolute Gasteiger partial charge is 0.394 e. The van der Waals surface area contributed by atoms with Crippen molar-refractivity contribution in [2.75, 3.05) is 6.61 Å². The van der Waals surface area contributed by atoms with Crippen LogP contribution in [0.3, 0.4) is 0 Å². The average Bonchev–Trinajstić information content (AvgIpc) is 1.69. The molecule has 0 rings (SSSR count). The maximum atomic E-state index is 9.61. The highest BCUT2D eigenvalue weighted by atomic mass is 16.3. The third-order valence-electron chi connectivity index (χ3n) is 0.879. The molecule has 0 bridgehead atoms. The highest BCUT2D eigenvalue weighted by Gasteiger charge is 2.12. The van der Waals surface area contributed by atoms with Crippen LogP contribution in [0.5, 0.6) is 0 Å². The number of nitroso groups, excluding NO2 is 1. The molecule has 0 aliphatic heterocycles. The normalized spacial score (nSPS) is 17.4.